The highest BCUT2D eigenvalue weighted by molar-refractivity contribution is 7.93. The molecule has 0 aliphatic carbocycles. The Labute approximate surface area is 182 Å². The van der Waals surface area contributed by atoms with Crippen LogP contribution in [0.4, 0.5) is 5.69 Å². The Morgan fingerprint density at radius 1 is 1.13 bits per heavy atom. The minimum absolute atomic E-state index is 0.0330. The first-order chi connectivity index (χ1) is 14.4. The first-order valence-corrected chi connectivity index (χ1v) is 12.2. The number of carbonyl (C=O) groups excluding carboxylic acids is 1. The normalized spacial score (nSPS) is 17.7. The number of rotatable bonds is 5. The van der Waals surface area contributed by atoms with Crippen LogP contribution in [0.15, 0.2) is 47.4 Å². The summed E-state index contributed by atoms with van der Waals surface area (Å²) in [5, 5.41) is 3.16. The average Bonchev–Trinajstić information content (AvgIpc) is 3.19. The van der Waals surface area contributed by atoms with Crippen molar-refractivity contribution >= 4 is 33.2 Å². The summed E-state index contributed by atoms with van der Waals surface area (Å²) in [6, 6.07) is 12.0. The fourth-order valence-corrected chi connectivity index (χ4v) is 6.19. The van der Waals surface area contributed by atoms with Crippen LogP contribution in [-0.2, 0) is 16.4 Å². The molecule has 2 aromatic rings. The Hall–Kier alpha value is -2.09. The van der Waals surface area contributed by atoms with Crippen molar-refractivity contribution in [2.45, 2.75) is 37.1 Å². The molecule has 30 heavy (non-hydrogen) atoms. The van der Waals surface area contributed by atoms with E-state index in [0.29, 0.717) is 24.2 Å². The van der Waals surface area contributed by atoms with Crippen molar-refractivity contribution < 1.29 is 13.2 Å². The molecule has 0 aromatic heterocycles. The number of para-hydroxylation sites is 1. The van der Waals surface area contributed by atoms with Crippen molar-refractivity contribution in [2.24, 2.45) is 0 Å². The Bertz CT molecular complexity index is 1050. The molecule has 1 fully saturated rings. The molecular formula is C22H26ClN3O3S. The van der Waals surface area contributed by atoms with Crippen LogP contribution in [0.1, 0.15) is 35.7 Å². The van der Waals surface area contributed by atoms with E-state index in [1.54, 1.807) is 12.1 Å². The first-order valence-electron chi connectivity index (χ1n) is 10.3. The molecule has 1 saturated heterocycles. The SMILES string of the molecule is CCN1CCC(NC(=O)c2ccc(Cl)c(S(=O)(=O)N3CCc4ccccc43)c2)CC1. The van der Waals surface area contributed by atoms with E-state index in [2.05, 4.69) is 17.1 Å². The van der Waals surface area contributed by atoms with Crippen molar-refractivity contribution in [1.82, 2.24) is 10.2 Å². The van der Waals surface area contributed by atoms with Crippen LogP contribution in [0.5, 0.6) is 0 Å². The van der Waals surface area contributed by atoms with Crippen LogP contribution in [0.25, 0.3) is 0 Å². The second-order valence-electron chi connectivity index (χ2n) is 7.78. The number of hydrogen-bond acceptors (Lipinski definition) is 4. The number of amides is 1. The molecule has 0 bridgehead atoms. The number of anilines is 1. The van der Waals surface area contributed by atoms with Crippen LogP contribution < -0.4 is 9.62 Å². The zero-order valence-electron chi connectivity index (χ0n) is 17.0. The molecule has 2 aliphatic heterocycles. The van der Waals surface area contributed by atoms with Crippen molar-refractivity contribution in [1.29, 1.82) is 0 Å². The summed E-state index contributed by atoms with van der Waals surface area (Å²) in [6.07, 6.45) is 2.44. The van der Waals surface area contributed by atoms with E-state index in [0.717, 1.165) is 38.0 Å². The van der Waals surface area contributed by atoms with Crippen LogP contribution in [0.3, 0.4) is 0 Å². The predicted molar refractivity (Wildman–Crippen MR) is 119 cm³/mol. The largest absolute Gasteiger partial charge is 0.349 e. The molecule has 2 heterocycles. The molecule has 0 atom stereocenters. The van der Waals surface area contributed by atoms with Gasteiger partial charge in [0.15, 0.2) is 0 Å². The number of benzene rings is 2. The summed E-state index contributed by atoms with van der Waals surface area (Å²) in [5.41, 5.74) is 1.97. The lowest BCUT2D eigenvalue weighted by Crippen LogP contribution is -2.44. The van der Waals surface area contributed by atoms with E-state index in [1.165, 1.54) is 16.4 Å². The van der Waals surface area contributed by atoms with Gasteiger partial charge in [-0.1, -0.05) is 36.7 Å². The molecular weight excluding hydrogens is 422 g/mol. The standard InChI is InChI=1S/C22H26ClN3O3S/c1-2-25-12-10-18(11-13-25)24-22(27)17-7-8-19(23)21(15-17)30(28,29)26-14-9-16-5-3-4-6-20(16)26/h3-8,15,18H,2,9-14H2,1H3,(H,24,27). The summed E-state index contributed by atoms with van der Waals surface area (Å²) in [4.78, 5) is 15.1. The number of nitrogens with one attached hydrogen (secondary N) is 1. The van der Waals surface area contributed by atoms with Gasteiger partial charge >= 0.3 is 0 Å². The zero-order chi connectivity index (χ0) is 21.3. The van der Waals surface area contributed by atoms with E-state index in [9.17, 15) is 13.2 Å². The minimum Gasteiger partial charge on any atom is -0.349 e. The fourth-order valence-electron chi connectivity index (χ4n) is 4.18. The third kappa shape index (κ3) is 4.06. The molecule has 8 heteroatoms. The van der Waals surface area contributed by atoms with E-state index >= 15 is 0 Å². The molecule has 1 N–H and O–H groups in total. The highest BCUT2D eigenvalue weighted by atomic mass is 35.5. The summed E-state index contributed by atoms with van der Waals surface area (Å²) in [6.45, 7) is 5.42. The lowest BCUT2D eigenvalue weighted by Gasteiger charge is -2.31. The van der Waals surface area contributed by atoms with Gasteiger partial charge in [0.2, 0.25) is 0 Å². The van der Waals surface area contributed by atoms with Gasteiger partial charge in [0, 0.05) is 31.2 Å². The lowest BCUT2D eigenvalue weighted by molar-refractivity contribution is 0.0912. The molecule has 0 saturated carbocycles. The lowest BCUT2D eigenvalue weighted by atomic mass is 10.0. The van der Waals surface area contributed by atoms with Crippen LogP contribution in [-0.4, -0.2) is 51.4 Å². The highest BCUT2D eigenvalue weighted by Crippen LogP contribution is 2.35. The van der Waals surface area contributed by atoms with Crippen molar-refractivity contribution in [3.8, 4) is 0 Å². The Morgan fingerprint density at radius 3 is 2.60 bits per heavy atom. The third-order valence-corrected chi connectivity index (χ3v) is 8.27. The average molecular weight is 448 g/mol. The van der Waals surface area contributed by atoms with Crippen molar-refractivity contribution in [3.05, 3.63) is 58.6 Å². The van der Waals surface area contributed by atoms with E-state index in [4.69, 9.17) is 11.6 Å². The maximum absolute atomic E-state index is 13.4. The van der Waals surface area contributed by atoms with Gasteiger partial charge in [-0.05, 0) is 55.6 Å². The second-order valence-corrected chi connectivity index (χ2v) is 10.0. The number of hydrogen-bond donors (Lipinski definition) is 1. The van der Waals surface area contributed by atoms with Crippen LogP contribution >= 0.6 is 11.6 Å². The molecule has 0 radical (unpaired) electrons. The van der Waals surface area contributed by atoms with Crippen LogP contribution in [0.2, 0.25) is 5.02 Å². The summed E-state index contributed by atoms with van der Waals surface area (Å²) in [7, 11) is -3.87. The number of halogens is 1. The maximum Gasteiger partial charge on any atom is 0.265 e. The Kier molecular flexibility index (Phi) is 6.04. The summed E-state index contributed by atoms with van der Waals surface area (Å²) < 4.78 is 28.1. The second kappa shape index (κ2) is 8.57. The number of sulfonamides is 1. The van der Waals surface area contributed by atoms with Crippen molar-refractivity contribution in [3.63, 3.8) is 0 Å². The van der Waals surface area contributed by atoms with E-state index < -0.39 is 10.0 Å². The molecule has 2 aliphatic rings. The fraction of sp³-hybridized carbons (Fsp3) is 0.409. The summed E-state index contributed by atoms with van der Waals surface area (Å²) >= 11 is 6.27. The van der Waals surface area contributed by atoms with Gasteiger partial charge in [-0.25, -0.2) is 8.42 Å². The molecule has 6 nitrogen and oxygen atoms in total. The van der Waals surface area contributed by atoms with Gasteiger partial charge in [0.1, 0.15) is 4.90 Å². The van der Waals surface area contributed by atoms with Gasteiger partial charge in [-0.2, -0.15) is 0 Å². The van der Waals surface area contributed by atoms with E-state index in [1.807, 2.05) is 18.2 Å². The van der Waals surface area contributed by atoms with Gasteiger partial charge in [-0.3, -0.25) is 9.10 Å². The van der Waals surface area contributed by atoms with Gasteiger partial charge in [0.05, 0.1) is 10.7 Å². The summed E-state index contributed by atoms with van der Waals surface area (Å²) in [5.74, 6) is -0.264. The number of carbonyl (C=O) groups is 1. The van der Waals surface area contributed by atoms with E-state index in [-0.39, 0.29) is 21.9 Å². The maximum atomic E-state index is 13.4. The molecule has 4 rings (SSSR count). The number of piperidine rings is 1. The monoisotopic (exact) mass is 447 g/mol. The van der Waals surface area contributed by atoms with Gasteiger partial charge < -0.3 is 10.2 Å². The van der Waals surface area contributed by atoms with Gasteiger partial charge in [-0.15, -0.1) is 0 Å². The third-order valence-electron chi connectivity index (χ3n) is 5.98. The highest BCUT2D eigenvalue weighted by Gasteiger charge is 2.32. The Balaban J connectivity index is 1.56. The quantitative estimate of drug-likeness (QED) is 0.763. The topological polar surface area (TPSA) is 69.7 Å². The molecule has 0 unspecified atom stereocenters. The van der Waals surface area contributed by atoms with Crippen LogP contribution in [0, 0.1) is 0 Å². The number of nitrogens with zero attached hydrogens (tertiary/aromatic N) is 2. The van der Waals surface area contributed by atoms with Crippen molar-refractivity contribution in [2.75, 3.05) is 30.5 Å². The number of fused-ring (bicyclic) bond motifs is 1. The Morgan fingerprint density at radius 2 is 1.87 bits per heavy atom. The van der Waals surface area contributed by atoms with Gasteiger partial charge in [0.25, 0.3) is 15.9 Å². The minimum atomic E-state index is -3.87. The number of likely N-dealkylation sites (tertiary alicyclic amines) is 1. The molecule has 160 valence electrons. The molecule has 2 aromatic carbocycles. The molecule has 1 amide bonds. The molecule has 0 spiro atoms. The predicted octanol–water partition coefficient (Wildman–Crippen LogP) is 3.31. The zero-order valence-corrected chi connectivity index (χ0v) is 18.5. The smallest absolute Gasteiger partial charge is 0.265 e. The first kappa shape index (κ1) is 21.2.